The van der Waals surface area contributed by atoms with E-state index in [4.69, 9.17) is 0 Å². The van der Waals surface area contributed by atoms with Gasteiger partial charge in [-0.15, -0.1) is 0 Å². The van der Waals surface area contributed by atoms with Gasteiger partial charge in [0.15, 0.2) is 11.5 Å². The first kappa shape index (κ1) is 18.1. The van der Waals surface area contributed by atoms with Crippen LogP contribution in [0.1, 0.15) is 16.8 Å². The first-order valence-corrected chi connectivity index (χ1v) is 9.17. The van der Waals surface area contributed by atoms with Crippen LogP contribution >= 0.6 is 0 Å². The number of rotatable bonds is 5. The molecular formula is C20H22N6O2. The van der Waals surface area contributed by atoms with Crippen LogP contribution < -0.4 is 16.6 Å². The molecular weight excluding hydrogens is 356 g/mol. The van der Waals surface area contributed by atoms with E-state index in [0.29, 0.717) is 24.4 Å². The summed E-state index contributed by atoms with van der Waals surface area (Å²) in [5, 5.41) is 3.41. The molecule has 0 radical (unpaired) electrons. The van der Waals surface area contributed by atoms with Crippen molar-refractivity contribution in [1.82, 2.24) is 29.4 Å². The summed E-state index contributed by atoms with van der Waals surface area (Å²) in [4.78, 5) is 34.8. The topological polar surface area (TPSA) is 97.6 Å². The molecule has 0 saturated carbocycles. The highest BCUT2D eigenvalue weighted by atomic mass is 16.2. The normalized spacial score (nSPS) is 11.5. The Hall–Kier alpha value is -3.26. The van der Waals surface area contributed by atoms with Crippen LogP contribution in [0.3, 0.4) is 0 Å². The molecule has 2 aliphatic heterocycles. The summed E-state index contributed by atoms with van der Waals surface area (Å²) in [7, 11) is 2.01. The minimum absolute atomic E-state index is 0.179. The van der Waals surface area contributed by atoms with Crippen LogP contribution in [0.4, 0.5) is 0 Å². The van der Waals surface area contributed by atoms with Crippen LogP contribution in [0.25, 0.3) is 22.6 Å². The Morgan fingerprint density at radius 3 is 2.68 bits per heavy atom. The average Bonchev–Trinajstić information content (AvgIpc) is 3.05. The lowest BCUT2D eigenvalue weighted by Crippen LogP contribution is -2.30. The van der Waals surface area contributed by atoms with Gasteiger partial charge in [0.25, 0.3) is 5.56 Å². The maximum Gasteiger partial charge on any atom is 0.349 e. The van der Waals surface area contributed by atoms with E-state index in [1.54, 1.807) is 0 Å². The summed E-state index contributed by atoms with van der Waals surface area (Å²) in [6, 6.07) is 8.06. The predicted octanol–water partition coefficient (Wildman–Crippen LogP) is 1.33. The second-order valence-electron chi connectivity index (χ2n) is 7.02. The van der Waals surface area contributed by atoms with Gasteiger partial charge in [0.2, 0.25) is 0 Å². The van der Waals surface area contributed by atoms with E-state index in [-0.39, 0.29) is 5.69 Å². The van der Waals surface area contributed by atoms with E-state index in [0.717, 1.165) is 23.2 Å². The number of nitrogens with one attached hydrogen (secondary N) is 2. The molecule has 8 heteroatoms. The lowest BCUT2D eigenvalue weighted by Gasteiger charge is -2.18. The summed E-state index contributed by atoms with van der Waals surface area (Å²) < 4.78 is 3.97. The highest BCUT2D eigenvalue weighted by Gasteiger charge is 2.19. The van der Waals surface area contributed by atoms with E-state index in [2.05, 4.69) is 30.9 Å². The van der Waals surface area contributed by atoms with Crippen molar-refractivity contribution >= 4 is 11.0 Å². The van der Waals surface area contributed by atoms with Gasteiger partial charge >= 0.3 is 5.69 Å². The van der Waals surface area contributed by atoms with Crippen LogP contribution in [0.2, 0.25) is 0 Å². The Balaban J connectivity index is 1.75. The summed E-state index contributed by atoms with van der Waals surface area (Å²) in [5.74, 6) is 0.310. The zero-order chi connectivity index (χ0) is 19.8. The smallest absolute Gasteiger partial charge is 0.349 e. The fraction of sp³-hybridized carbons (Fsp3) is 0.300. The minimum Gasteiger partial charge on any atom is -0.353 e. The molecule has 2 aromatic rings. The fourth-order valence-corrected chi connectivity index (χ4v) is 3.36. The third kappa shape index (κ3) is 3.22. The molecule has 0 atom stereocenters. The molecule has 2 aliphatic rings. The Kier molecular flexibility index (Phi) is 4.56. The number of nitrogens with zero attached hydrogens (tertiary/aromatic N) is 4. The third-order valence-electron chi connectivity index (χ3n) is 5.09. The number of hydrogen-bond acceptors (Lipinski definition) is 5. The van der Waals surface area contributed by atoms with E-state index >= 15 is 0 Å². The van der Waals surface area contributed by atoms with Gasteiger partial charge in [-0.1, -0.05) is 0 Å². The molecule has 4 rings (SSSR count). The molecule has 28 heavy (non-hydrogen) atoms. The van der Waals surface area contributed by atoms with Gasteiger partial charge in [-0.2, -0.15) is 4.98 Å². The molecule has 3 heterocycles. The molecule has 0 saturated heterocycles. The highest BCUT2D eigenvalue weighted by Crippen LogP contribution is 2.23. The first-order valence-electron chi connectivity index (χ1n) is 9.17. The molecule has 2 N–H and O–H groups in total. The highest BCUT2D eigenvalue weighted by molar-refractivity contribution is 5.81. The second kappa shape index (κ2) is 7.05. The Labute approximate surface area is 161 Å². The number of H-pyrrole nitrogens is 1. The molecule has 0 spiro atoms. The lowest BCUT2D eigenvalue weighted by molar-refractivity contribution is 0.588. The summed E-state index contributed by atoms with van der Waals surface area (Å²) in [6.45, 7) is 5.97. The molecule has 0 amide bonds. The van der Waals surface area contributed by atoms with Crippen molar-refractivity contribution in [3.63, 3.8) is 0 Å². The van der Waals surface area contributed by atoms with Crippen molar-refractivity contribution in [2.75, 3.05) is 6.54 Å². The van der Waals surface area contributed by atoms with Crippen molar-refractivity contribution in [2.45, 2.75) is 26.9 Å². The van der Waals surface area contributed by atoms with Crippen LogP contribution in [-0.2, 0) is 20.1 Å². The second-order valence-corrected chi connectivity index (χ2v) is 7.02. The lowest BCUT2D eigenvalue weighted by atomic mass is 10.1. The molecule has 0 unspecified atom stereocenters. The molecule has 1 aromatic heterocycles. The zero-order valence-corrected chi connectivity index (χ0v) is 16.1. The molecule has 144 valence electrons. The van der Waals surface area contributed by atoms with Crippen LogP contribution in [0, 0.1) is 13.8 Å². The monoisotopic (exact) mass is 378 g/mol. The number of aromatic nitrogens is 5. The Morgan fingerprint density at radius 1 is 1.14 bits per heavy atom. The molecule has 1 aromatic carbocycles. The number of benzene rings is 1. The number of fused-ring (bicyclic) bond motifs is 2. The van der Waals surface area contributed by atoms with Crippen LogP contribution in [0.15, 0.2) is 40.1 Å². The summed E-state index contributed by atoms with van der Waals surface area (Å²) in [5.41, 5.74) is 3.96. The first-order chi connectivity index (χ1) is 13.4. The number of aryl methyl sites for hydroxylation is 3. The van der Waals surface area contributed by atoms with Crippen molar-refractivity contribution in [3.8, 4) is 11.5 Å². The molecule has 8 nitrogen and oxygen atoms in total. The van der Waals surface area contributed by atoms with Gasteiger partial charge in [-0.3, -0.25) is 9.78 Å². The van der Waals surface area contributed by atoms with E-state index in [1.807, 2.05) is 49.9 Å². The van der Waals surface area contributed by atoms with Crippen LogP contribution in [0.5, 0.6) is 0 Å². The summed E-state index contributed by atoms with van der Waals surface area (Å²) in [6.07, 6.45) is 2.01. The minimum atomic E-state index is -0.659. The number of hydrogen-bond donors (Lipinski definition) is 2. The zero-order valence-electron chi connectivity index (χ0n) is 16.1. The largest absolute Gasteiger partial charge is 0.353 e. The van der Waals surface area contributed by atoms with Crippen molar-refractivity contribution in [3.05, 3.63) is 68.1 Å². The van der Waals surface area contributed by atoms with E-state index in [9.17, 15) is 9.59 Å². The van der Waals surface area contributed by atoms with Crippen molar-refractivity contribution < 1.29 is 0 Å². The summed E-state index contributed by atoms with van der Waals surface area (Å²) >= 11 is 0. The van der Waals surface area contributed by atoms with Crippen LogP contribution in [-0.4, -0.2) is 30.6 Å². The quantitative estimate of drug-likeness (QED) is 0.403. The van der Waals surface area contributed by atoms with Gasteiger partial charge in [0, 0.05) is 38.6 Å². The van der Waals surface area contributed by atoms with E-state index < -0.39 is 11.2 Å². The predicted molar refractivity (Wildman–Crippen MR) is 108 cm³/mol. The number of aromatic amines is 1. The fourth-order valence-electron chi connectivity index (χ4n) is 3.36. The average molecular weight is 378 g/mol. The third-order valence-corrected chi connectivity index (χ3v) is 5.09. The SMILES string of the molecule is Cc1cc2nc3c(=O)[nH]c(=O)nc-3n(CCNCc3cccn3C)c2cc1C. The van der Waals surface area contributed by atoms with Gasteiger partial charge < -0.3 is 14.5 Å². The van der Waals surface area contributed by atoms with Gasteiger partial charge in [0.1, 0.15) is 0 Å². The molecule has 0 bridgehead atoms. The molecule has 0 aliphatic carbocycles. The van der Waals surface area contributed by atoms with Crippen molar-refractivity contribution in [1.29, 1.82) is 0 Å². The Bertz CT molecular complexity index is 1250. The maximum atomic E-state index is 12.3. The Morgan fingerprint density at radius 2 is 1.93 bits per heavy atom. The van der Waals surface area contributed by atoms with Gasteiger partial charge in [-0.05, 0) is 49.2 Å². The van der Waals surface area contributed by atoms with Gasteiger partial charge in [0.05, 0.1) is 11.0 Å². The standard InChI is InChI=1S/C20H22N6O2/c1-12-9-15-16(10-13(12)2)26(8-6-21-11-14-5-4-7-25(14)3)18-17(22-15)19(27)24-20(28)23-18/h4-5,7,9-10,21H,6,8,11H2,1-3H3,(H,24,27,28). The maximum absolute atomic E-state index is 12.3. The van der Waals surface area contributed by atoms with Gasteiger partial charge in [-0.25, -0.2) is 9.78 Å². The van der Waals surface area contributed by atoms with E-state index in [1.165, 1.54) is 5.69 Å². The van der Waals surface area contributed by atoms with Crippen molar-refractivity contribution in [2.24, 2.45) is 7.05 Å². The molecule has 0 fully saturated rings.